The van der Waals surface area contributed by atoms with Crippen molar-refractivity contribution in [2.75, 3.05) is 6.61 Å². The van der Waals surface area contributed by atoms with Gasteiger partial charge in [0.05, 0.1) is 12.1 Å². The fraction of sp³-hybridized carbons (Fsp3) is 0.519. The van der Waals surface area contributed by atoms with Crippen molar-refractivity contribution in [3.8, 4) is 11.5 Å². The van der Waals surface area contributed by atoms with Crippen LogP contribution in [-0.2, 0) is 4.74 Å². The predicted molar refractivity (Wildman–Crippen MR) is 134 cm³/mol. The molecule has 1 saturated carbocycles. The van der Waals surface area contributed by atoms with Crippen LogP contribution in [0, 0.1) is 25.2 Å². The zero-order valence-electron chi connectivity index (χ0n) is 20.3. The van der Waals surface area contributed by atoms with Crippen LogP contribution in [0.15, 0.2) is 53.5 Å². The molecule has 2 fully saturated rings. The van der Waals surface area contributed by atoms with Gasteiger partial charge in [0.1, 0.15) is 18.1 Å². The Morgan fingerprint density at radius 2 is 1.48 bits per heavy atom. The third kappa shape index (κ3) is 4.76. The minimum atomic E-state index is -1.37. The summed E-state index contributed by atoms with van der Waals surface area (Å²) in [6.07, 6.45) is 3.54. The molecule has 2 bridgehead atoms. The second-order valence-electron chi connectivity index (χ2n) is 10.8. The third-order valence-electron chi connectivity index (χ3n) is 7.07. The van der Waals surface area contributed by atoms with Crippen LogP contribution in [-0.4, -0.2) is 35.3 Å². The van der Waals surface area contributed by atoms with Gasteiger partial charge in [-0.05, 0) is 68.7 Å². The molecule has 0 spiro atoms. The molecular formula is C27H35N2O3P. The molecule has 0 amide bonds. The molecule has 1 saturated heterocycles. The SMILES string of the molecule is Cc1ccc(OP(Oc2ccc(C)cc2)N2C3CCC(C3)[C@@H]2C2=N[C@@H](C(C)(C)C)CO2)cc1. The molecule has 33 heavy (non-hydrogen) atoms. The zero-order chi connectivity index (χ0) is 23.2. The largest absolute Gasteiger partial charge is 0.478 e. The van der Waals surface area contributed by atoms with E-state index in [1.54, 1.807) is 0 Å². The van der Waals surface area contributed by atoms with E-state index in [4.69, 9.17) is 18.8 Å². The van der Waals surface area contributed by atoms with Crippen LogP contribution >= 0.6 is 8.53 Å². The number of benzene rings is 2. The summed E-state index contributed by atoms with van der Waals surface area (Å²) in [5.41, 5.74) is 2.52. The van der Waals surface area contributed by atoms with Crippen LogP contribution < -0.4 is 9.05 Å². The van der Waals surface area contributed by atoms with Gasteiger partial charge in [-0.3, -0.25) is 0 Å². The molecular weight excluding hydrogens is 431 g/mol. The number of aliphatic imine (C=N–C) groups is 1. The molecule has 0 N–H and O–H groups in total. The lowest BCUT2D eigenvalue weighted by Crippen LogP contribution is -2.44. The first kappa shape index (κ1) is 22.7. The van der Waals surface area contributed by atoms with Crippen LogP contribution in [0.25, 0.3) is 0 Å². The van der Waals surface area contributed by atoms with E-state index >= 15 is 0 Å². The number of fused-ring (bicyclic) bond motifs is 2. The highest BCUT2D eigenvalue weighted by Gasteiger charge is 2.55. The maximum absolute atomic E-state index is 6.58. The Morgan fingerprint density at radius 1 is 0.909 bits per heavy atom. The van der Waals surface area contributed by atoms with E-state index in [0.29, 0.717) is 18.6 Å². The Kier molecular flexibility index (Phi) is 6.13. The van der Waals surface area contributed by atoms with Gasteiger partial charge in [0, 0.05) is 6.04 Å². The number of piperidine rings is 1. The molecule has 0 aromatic heterocycles. The molecule has 4 atom stereocenters. The van der Waals surface area contributed by atoms with Gasteiger partial charge in [-0.2, -0.15) is 4.67 Å². The minimum Gasteiger partial charge on any atom is -0.478 e. The van der Waals surface area contributed by atoms with Crippen LogP contribution in [0.2, 0.25) is 0 Å². The molecule has 2 aromatic rings. The second-order valence-corrected chi connectivity index (χ2v) is 12.1. The molecule has 2 aliphatic heterocycles. The van der Waals surface area contributed by atoms with Crippen molar-refractivity contribution >= 4 is 14.4 Å². The first-order chi connectivity index (χ1) is 15.8. The maximum Gasteiger partial charge on any atom is 0.385 e. The van der Waals surface area contributed by atoms with Crippen molar-refractivity contribution in [1.29, 1.82) is 0 Å². The van der Waals surface area contributed by atoms with E-state index < -0.39 is 8.53 Å². The minimum absolute atomic E-state index is 0.0890. The Morgan fingerprint density at radius 3 is 2.00 bits per heavy atom. The molecule has 3 aliphatic rings. The summed E-state index contributed by atoms with van der Waals surface area (Å²) in [5.74, 6) is 3.10. The van der Waals surface area contributed by atoms with Gasteiger partial charge in [-0.1, -0.05) is 56.2 Å². The van der Waals surface area contributed by atoms with Crippen molar-refractivity contribution in [2.24, 2.45) is 16.3 Å². The molecule has 5 nitrogen and oxygen atoms in total. The van der Waals surface area contributed by atoms with Gasteiger partial charge in [-0.25, -0.2) is 4.99 Å². The van der Waals surface area contributed by atoms with Gasteiger partial charge >= 0.3 is 8.53 Å². The summed E-state index contributed by atoms with van der Waals surface area (Å²) < 4.78 is 21.9. The second kappa shape index (κ2) is 8.92. The number of hydrogen-bond donors (Lipinski definition) is 0. The fourth-order valence-corrected chi connectivity index (χ4v) is 6.80. The lowest BCUT2D eigenvalue weighted by Gasteiger charge is -2.37. The van der Waals surface area contributed by atoms with Crippen molar-refractivity contribution in [3.05, 3.63) is 59.7 Å². The van der Waals surface area contributed by atoms with Crippen LogP contribution in [0.3, 0.4) is 0 Å². The molecule has 176 valence electrons. The maximum atomic E-state index is 6.58. The van der Waals surface area contributed by atoms with Crippen molar-refractivity contribution in [1.82, 2.24) is 4.67 Å². The van der Waals surface area contributed by atoms with E-state index in [0.717, 1.165) is 23.8 Å². The first-order valence-electron chi connectivity index (χ1n) is 12.1. The van der Waals surface area contributed by atoms with Gasteiger partial charge in [-0.15, -0.1) is 0 Å². The van der Waals surface area contributed by atoms with E-state index in [1.165, 1.54) is 24.0 Å². The van der Waals surface area contributed by atoms with Crippen LogP contribution in [0.5, 0.6) is 11.5 Å². The Balaban J connectivity index is 1.46. The summed E-state index contributed by atoms with van der Waals surface area (Å²) in [6, 6.07) is 17.2. The highest BCUT2D eigenvalue weighted by atomic mass is 31.2. The molecule has 5 rings (SSSR count). The molecule has 2 heterocycles. The van der Waals surface area contributed by atoms with E-state index in [1.807, 2.05) is 24.3 Å². The highest BCUT2D eigenvalue weighted by Crippen LogP contribution is 2.57. The quantitative estimate of drug-likeness (QED) is 0.445. The summed E-state index contributed by atoms with van der Waals surface area (Å²) >= 11 is 0. The number of hydrogen-bond acceptors (Lipinski definition) is 5. The fourth-order valence-electron chi connectivity index (χ4n) is 5.00. The summed E-state index contributed by atoms with van der Waals surface area (Å²) in [4.78, 5) is 5.08. The summed E-state index contributed by atoms with van der Waals surface area (Å²) in [7, 11) is -1.37. The average molecular weight is 467 g/mol. The Labute approximate surface area is 199 Å². The average Bonchev–Trinajstić information content (AvgIpc) is 3.52. The van der Waals surface area contributed by atoms with E-state index in [-0.39, 0.29) is 17.5 Å². The first-order valence-corrected chi connectivity index (χ1v) is 13.2. The summed E-state index contributed by atoms with van der Waals surface area (Å²) in [6.45, 7) is 11.5. The standard InChI is InChI=1S/C27H35N2O3P/c1-18-6-12-22(13-7-18)31-33(32-23-14-8-19(2)9-15-23)29-21-11-10-20(16-21)25(29)26-28-24(17-30-26)27(3,4)5/h6-9,12-15,20-21,24-25H,10-11,16-17H2,1-5H3/t20?,21?,24-,25-/m1/s1. The summed E-state index contributed by atoms with van der Waals surface area (Å²) in [5, 5.41) is 0. The molecule has 1 aliphatic carbocycles. The van der Waals surface area contributed by atoms with Crippen LogP contribution in [0.4, 0.5) is 0 Å². The van der Waals surface area contributed by atoms with Gasteiger partial charge < -0.3 is 13.8 Å². The topological polar surface area (TPSA) is 43.3 Å². The third-order valence-corrected chi connectivity index (χ3v) is 8.76. The number of nitrogens with zero attached hydrogens (tertiary/aromatic N) is 2. The van der Waals surface area contributed by atoms with Gasteiger partial charge in [0.2, 0.25) is 5.90 Å². The molecule has 6 heteroatoms. The Hall–Kier alpha value is -2.10. The number of ether oxygens (including phenoxy) is 1. The number of rotatable bonds is 6. The molecule has 0 radical (unpaired) electrons. The molecule has 2 aromatic carbocycles. The monoisotopic (exact) mass is 466 g/mol. The smallest absolute Gasteiger partial charge is 0.385 e. The van der Waals surface area contributed by atoms with Gasteiger partial charge in [0.15, 0.2) is 0 Å². The lowest BCUT2D eigenvalue weighted by atomic mass is 9.88. The normalized spacial score (nSPS) is 27.0. The van der Waals surface area contributed by atoms with Crippen molar-refractivity contribution in [3.63, 3.8) is 0 Å². The molecule has 2 unspecified atom stereocenters. The zero-order valence-corrected chi connectivity index (χ0v) is 21.2. The van der Waals surface area contributed by atoms with Crippen LogP contribution in [0.1, 0.15) is 51.2 Å². The van der Waals surface area contributed by atoms with Crippen molar-refractivity contribution in [2.45, 2.75) is 72.0 Å². The number of aryl methyl sites for hydroxylation is 2. The predicted octanol–water partition coefficient (Wildman–Crippen LogP) is 6.68. The van der Waals surface area contributed by atoms with Crippen molar-refractivity contribution < 1.29 is 13.8 Å². The lowest BCUT2D eigenvalue weighted by molar-refractivity contribution is 0.205. The van der Waals surface area contributed by atoms with E-state index in [9.17, 15) is 0 Å². The highest BCUT2D eigenvalue weighted by molar-refractivity contribution is 7.45. The van der Waals surface area contributed by atoms with Gasteiger partial charge in [0.25, 0.3) is 0 Å². The Bertz CT molecular complexity index is 952. The van der Waals surface area contributed by atoms with E-state index in [2.05, 4.69) is 63.6 Å².